The molecule has 0 aliphatic carbocycles. The number of rotatable bonds is 3. The van der Waals surface area contributed by atoms with Crippen LogP contribution in [0.1, 0.15) is 0 Å². The van der Waals surface area contributed by atoms with E-state index in [0.29, 0.717) is 24.6 Å². The monoisotopic (exact) mass is 301 g/mol. The summed E-state index contributed by atoms with van der Waals surface area (Å²) >= 11 is 0. The molecule has 0 spiro atoms. The molecule has 0 radical (unpaired) electrons. The molecule has 1 saturated heterocycles. The summed E-state index contributed by atoms with van der Waals surface area (Å²) in [6.07, 6.45) is 1.57. The molecule has 1 aliphatic heterocycles. The normalized spacial score (nSPS) is 14.3. The Labute approximate surface area is 127 Å². The highest BCUT2D eigenvalue weighted by molar-refractivity contribution is 5.90. The Bertz CT molecular complexity index is 670. The lowest BCUT2D eigenvalue weighted by Gasteiger charge is -2.39. The number of hydrogen-bond acceptors (Lipinski definition) is 4. The minimum atomic E-state index is -0.447. The molecule has 22 heavy (non-hydrogen) atoms. The molecule has 1 fully saturated rings. The third-order valence-electron chi connectivity index (χ3n) is 3.42. The van der Waals surface area contributed by atoms with Crippen LogP contribution in [-0.2, 0) is 0 Å². The number of nitrogens with one attached hydrogen (secondary N) is 2. The third kappa shape index (κ3) is 3.08. The highest BCUT2D eigenvalue weighted by atomic mass is 19.1. The van der Waals surface area contributed by atoms with Crippen molar-refractivity contribution >= 4 is 23.2 Å². The van der Waals surface area contributed by atoms with Crippen molar-refractivity contribution in [3.05, 3.63) is 48.4 Å². The van der Waals surface area contributed by atoms with Gasteiger partial charge in [-0.15, -0.1) is 0 Å². The average Bonchev–Trinajstić information content (AvgIpc) is 2.46. The Morgan fingerprint density at radius 1 is 1.27 bits per heavy atom. The van der Waals surface area contributed by atoms with E-state index < -0.39 is 5.82 Å². The number of carbonyl (C=O) groups is 1. The number of urea groups is 1. The van der Waals surface area contributed by atoms with Gasteiger partial charge in [0.05, 0.1) is 23.6 Å². The number of halogens is 1. The quantitative estimate of drug-likeness (QED) is 0.811. The van der Waals surface area contributed by atoms with Crippen LogP contribution >= 0.6 is 0 Å². The first kappa shape index (κ1) is 14.1. The standard InChI is InChI=1S/C15H16FN5O/c16-12-3-1-2-4-13(12)20-15(22)21-8-11(9-21)19-14-6-5-10(17)7-18-14/h1-7,11H,8-9,17H2,(H,18,19)(H,20,22). The van der Waals surface area contributed by atoms with Crippen LogP contribution in [-0.4, -0.2) is 35.0 Å². The number of anilines is 3. The predicted molar refractivity (Wildman–Crippen MR) is 83.1 cm³/mol. The third-order valence-corrected chi connectivity index (χ3v) is 3.42. The van der Waals surface area contributed by atoms with E-state index in [-0.39, 0.29) is 17.8 Å². The number of nitrogen functional groups attached to an aromatic ring is 1. The van der Waals surface area contributed by atoms with Gasteiger partial charge in [-0.1, -0.05) is 12.1 Å². The lowest BCUT2D eigenvalue weighted by Crippen LogP contribution is -2.58. The van der Waals surface area contributed by atoms with Gasteiger partial charge in [-0.3, -0.25) is 0 Å². The van der Waals surface area contributed by atoms with Gasteiger partial charge in [-0.05, 0) is 24.3 Å². The van der Waals surface area contributed by atoms with Crippen molar-refractivity contribution in [3.63, 3.8) is 0 Å². The van der Waals surface area contributed by atoms with E-state index >= 15 is 0 Å². The van der Waals surface area contributed by atoms with E-state index in [0.717, 1.165) is 0 Å². The van der Waals surface area contributed by atoms with Gasteiger partial charge in [0.25, 0.3) is 0 Å². The Morgan fingerprint density at radius 2 is 2.05 bits per heavy atom. The van der Waals surface area contributed by atoms with Gasteiger partial charge >= 0.3 is 6.03 Å². The van der Waals surface area contributed by atoms with Crippen molar-refractivity contribution in [2.75, 3.05) is 29.5 Å². The molecule has 2 aromatic rings. The molecule has 1 aromatic heterocycles. The number of hydrogen-bond donors (Lipinski definition) is 3. The van der Waals surface area contributed by atoms with Gasteiger partial charge in [0.15, 0.2) is 0 Å². The maximum atomic E-state index is 13.5. The van der Waals surface area contributed by atoms with E-state index in [9.17, 15) is 9.18 Å². The maximum absolute atomic E-state index is 13.5. The highest BCUT2D eigenvalue weighted by Gasteiger charge is 2.31. The van der Waals surface area contributed by atoms with Crippen molar-refractivity contribution in [2.24, 2.45) is 0 Å². The van der Waals surface area contributed by atoms with Crippen LogP contribution in [0.25, 0.3) is 0 Å². The average molecular weight is 301 g/mol. The number of amides is 2. The first-order valence-corrected chi connectivity index (χ1v) is 6.90. The number of para-hydroxylation sites is 1. The van der Waals surface area contributed by atoms with Crippen LogP contribution in [0.5, 0.6) is 0 Å². The van der Waals surface area contributed by atoms with E-state index in [1.807, 2.05) is 0 Å². The SMILES string of the molecule is Nc1ccc(NC2CN(C(=O)Nc3ccccc3F)C2)nc1. The lowest BCUT2D eigenvalue weighted by molar-refractivity contribution is 0.171. The number of benzene rings is 1. The highest BCUT2D eigenvalue weighted by Crippen LogP contribution is 2.18. The van der Waals surface area contributed by atoms with E-state index in [1.54, 1.807) is 35.4 Å². The summed E-state index contributed by atoms with van der Waals surface area (Å²) < 4.78 is 13.5. The molecule has 7 heteroatoms. The predicted octanol–water partition coefficient (Wildman–Crippen LogP) is 2.13. The van der Waals surface area contributed by atoms with Crippen LogP contribution in [0, 0.1) is 5.82 Å². The summed E-state index contributed by atoms with van der Waals surface area (Å²) in [5.41, 5.74) is 6.36. The van der Waals surface area contributed by atoms with Crippen LogP contribution in [0.15, 0.2) is 42.6 Å². The first-order valence-electron chi connectivity index (χ1n) is 6.90. The number of nitrogens with two attached hydrogens (primary N) is 1. The molecule has 2 amide bonds. The van der Waals surface area contributed by atoms with Crippen molar-refractivity contribution in [3.8, 4) is 0 Å². The topological polar surface area (TPSA) is 83.3 Å². The van der Waals surface area contributed by atoms with Crippen LogP contribution in [0.3, 0.4) is 0 Å². The summed E-state index contributed by atoms with van der Waals surface area (Å²) in [7, 11) is 0. The maximum Gasteiger partial charge on any atom is 0.322 e. The summed E-state index contributed by atoms with van der Waals surface area (Å²) in [6.45, 7) is 1.07. The van der Waals surface area contributed by atoms with Crippen LogP contribution in [0.2, 0.25) is 0 Å². The molecule has 0 atom stereocenters. The molecule has 2 heterocycles. The van der Waals surface area contributed by atoms with Crippen LogP contribution in [0.4, 0.5) is 26.4 Å². The number of pyridine rings is 1. The molecule has 0 bridgehead atoms. The molecular formula is C15H16FN5O. The fourth-order valence-corrected chi connectivity index (χ4v) is 2.19. The lowest BCUT2D eigenvalue weighted by atomic mass is 10.1. The second-order valence-electron chi connectivity index (χ2n) is 5.13. The van der Waals surface area contributed by atoms with Crippen molar-refractivity contribution in [2.45, 2.75) is 6.04 Å². The molecular weight excluding hydrogens is 285 g/mol. The van der Waals surface area contributed by atoms with Gasteiger partial charge in [0.2, 0.25) is 0 Å². The first-order chi connectivity index (χ1) is 10.6. The molecule has 6 nitrogen and oxygen atoms in total. The fourth-order valence-electron chi connectivity index (χ4n) is 2.19. The summed E-state index contributed by atoms with van der Waals surface area (Å²) in [4.78, 5) is 17.7. The minimum Gasteiger partial charge on any atom is -0.397 e. The van der Waals surface area contributed by atoms with Crippen molar-refractivity contribution in [1.82, 2.24) is 9.88 Å². The van der Waals surface area contributed by atoms with Crippen molar-refractivity contribution < 1.29 is 9.18 Å². The summed E-state index contributed by atoms with van der Waals surface area (Å²) in [5, 5.41) is 5.76. The Balaban J connectivity index is 1.49. The van der Waals surface area contributed by atoms with Crippen molar-refractivity contribution in [1.29, 1.82) is 0 Å². The van der Waals surface area contributed by atoms with Gasteiger partial charge in [-0.2, -0.15) is 0 Å². The number of aromatic nitrogens is 1. The zero-order valence-electron chi connectivity index (χ0n) is 11.8. The number of likely N-dealkylation sites (tertiary alicyclic amines) is 1. The number of nitrogens with zero attached hydrogens (tertiary/aromatic N) is 2. The van der Waals surface area contributed by atoms with E-state index in [1.165, 1.54) is 12.1 Å². The fraction of sp³-hybridized carbons (Fsp3) is 0.200. The van der Waals surface area contributed by atoms with Crippen LogP contribution < -0.4 is 16.4 Å². The zero-order chi connectivity index (χ0) is 15.5. The minimum absolute atomic E-state index is 0.127. The second-order valence-corrected chi connectivity index (χ2v) is 5.13. The molecule has 0 unspecified atom stereocenters. The Kier molecular flexibility index (Phi) is 3.78. The molecule has 1 aliphatic rings. The van der Waals surface area contributed by atoms with Gasteiger partial charge in [-0.25, -0.2) is 14.2 Å². The van der Waals surface area contributed by atoms with Gasteiger partial charge in [0, 0.05) is 13.1 Å². The zero-order valence-corrected chi connectivity index (χ0v) is 11.8. The summed E-state index contributed by atoms with van der Waals surface area (Å²) in [6, 6.07) is 9.45. The van der Waals surface area contributed by atoms with E-state index in [4.69, 9.17) is 5.73 Å². The molecule has 0 saturated carbocycles. The number of carbonyl (C=O) groups excluding carboxylic acids is 1. The Morgan fingerprint density at radius 3 is 2.73 bits per heavy atom. The molecule has 114 valence electrons. The molecule has 4 N–H and O–H groups in total. The van der Waals surface area contributed by atoms with Gasteiger partial charge < -0.3 is 21.3 Å². The molecule has 3 rings (SSSR count). The van der Waals surface area contributed by atoms with E-state index in [2.05, 4.69) is 15.6 Å². The van der Waals surface area contributed by atoms with Gasteiger partial charge in [0.1, 0.15) is 11.6 Å². The molecule has 1 aromatic carbocycles. The summed E-state index contributed by atoms with van der Waals surface area (Å²) in [5.74, 6) is 0.269. The second kappa shape index (κ2) is 5.88. The largest absolute Gasteiger partial charge is 0.397 e. The smallest absolute Gasteiger partial charge is 0.322 e. The Hall–Kier alpha value is -2.83.